The van der Waals surface area contributed by atoms with E-state index in [2.05, 4.69) is 6.58 Å². The topological polar surface area (TPSA) is 116 Å². The molecule has 0 heterocycles. The van der Waals surface area contributed by atoms with Crippen LogP contribution >= 0.6 is 0 Å². The maximum atomic E-state index is 11.3. The Bertz CT molecular complexity index is 383. The summed E-state index contributed by atoms with van der Waals surface area (Å²) in [5.74, 6) is -1.32. The van der Waals surface area contributed by atoms with Gasteiger partial charge in [0, 0.05) is 5.57 Å². The number of carbonyl (C=O) groups excluding carboxylic acids is 1. The van der Waals surface area contributed by atoms with Crippen molar-refractivity contribution in [3.05, 3.63) is 12.2 Å². The van der Waals surface area contributed by atoms with Gasteiger partial charge in [-0.1, -0.05) is 6.58 Å². The van der Waals surface area contributed by atoms with Crippen molar-refractivity contribution in [2.45, 2.75) is 13.2 Å². The quantitative estimate of drug-likeness (QED) is 0.242. The van der Waals surface area contributed by atoms with Crippen LogP contribution in [0.2, 0.25) is 0 Å². The highest BCUT2D eigenvalue weighted by Gasteiger charge is 2.32. The van der Waals surface area contributed by atoms with Crippen molar-refractivity contribution in [3.63, 3.8) is 0 Å². The van der Waals surface area contributed by atoms with E-state index in [1.54, 1.807) is 21.1 Å². The second-order valence-corrected chi connectivity index (χ2v) is 6.00. The normalized spacial score (nSPS) is 13.5. The van der Waals surface area contributed by atoms with Gasteiger partial charge in [-0.2, -0.15) is 8.42 Å². The number of rotatable bonds is 5. The monoisotopic (exact) mass is 269 g/mol. The first kappa shape index (κ1) is 18.4. The molecule has 1 atom stereocenters. The second kappa shape index (κ2) is 6.10. The molecule has 0 spiro atoms. The maximum absolute atomic E-state index is 11.3. The lowest BCUT2D eigenvalue weighted by molar-refractivity contribution is -0.913. The van der Waals surface area contributed by atoms with Gasteiger partial charge in [-0.15, -0.1) is 0 Å². The zero-order valence-electron chi connectivity index (χ0n) is 10.6. The van der Waals surface area contributed by atoms with Crippen LogP contribution in [0.3, 0.4) is 0 Å². The first-order valence-corrected chi connectivity index (χ1v) is 6.17. The van der Waals surface area contributed by atoms with Crippen molar-refractivity contribution < 1.29 is 27.0 Å². The summed E-state index contributed by atoms with van der Waals surface area (Å²) in [6, 6.07) is 0. The Morgan fingerprint density at radius 3 is 2.06 bits per heavy atom. The van der Waals surface area contributed by atoms with E-state index in [-0.39, 0.29) is 16.2 Å². The van der Waals surface area contributed by atoms with Crippen molar-refractivity contribution in [3.8, 4) is 0 Å². The highest BCUT2D eigenvalue weighted by molar-refractivity contribution is 7.85. The highest BCUT2D eigenvalue weighted by atomic mass is 32.2. The van der Waals surface area contributed by atoms with Crippen LogP contribution in [-0.4, -0.2) is 56.5 Å². The zero-order valence-corrected chi connectivity index (χ0v) is 11.5. The number of carbonyl (C=O) groups is 1. The van der Waals surface area contributed by atoms with Gasteiger partial charge in [0.15, 0.2) is 5.75 Å². The summed E-state index contributed by atoms with van der Waals surface area (Å²) in [6.45, 7) is 4.85. The fourth-order valence-corrected chi connectivity index (χ4v) is 1.70. The highest BCUT2D eigenvalue weighted by Crippen LogP contribution is 2.10. The Labute approximate surface area is 102 Å². The zero-order chi connectivity index (χ0) is 13.1. The fourth-order valence-electron chi connectivity index (χ4n) is 0.820. The molecular formula is C9H21N2O5S+. The molecule has 0 saturated carbocycles. The van der Waals surface area contributed by atoms with Crippen LogP contribution in [0.25, 0.3) is 0 Å². The van der Waals surface area contributed by atoms with Crippen molar-refractivity contribution in [1.29, 1.82) is 0 Å². The van der Waals surface area contributed by atoms with E-state index in [0.717, 1.165) is 0 Å². The van der Waals surface area contributed by atoms with E-state index in [4.69, 9.17) is 9.29 Å². The van der Waals surface area contributed by atoms with Crippen LogP contribution < -0.4 is 6.15 Å². The number of quaternary nitrogens is 1. The van der Waals surface area contributed by atoms with Crippen LogP contribution in [0.15, 0.2) is 12.2 Å². The van der Waals surface area contributed by atoms with Crippen molar-refractivity contribution in [1.82, 2.24) is 6.15 Å². The van der Waals surface area contributed by atoms with Gasteiger partial charge in [0.05, 0.1) is 21.1 Å². The third-order valence-corrected chi connectivity index (χ3v) is 2.52. The molecule has 7 nitrogen and oxygen atoms in total. The minimum absolute atomic E-state index is 0. The largest absolute Gasteiger partial charge is 0.408 e. The van der Waals surface area contributed by atoms with Gasteiger partial charge in [0.2, 0.25) is 0 Å². The van der Waals surface area contributed by atoms with Crippen LogP contribution in [0.5, 0.6) is 0 Å². The Morgan fingerprint density at radius 1 is 1.41 bits per heavy atom. The fraction of sp³-hybridized carbons (Fsp3) is 0.667. The molecule has 0 fully saturated rings. The third-order valence-electron chi connectivity index (χ3n) is 1.81. The summed E-state index contributed by atoms with van der Waals surface area (Å²) in [4.78, 5) is 11.3. The molecule has 0 aromatic heterocycles. The van der Waals surface area contributed by atoms with E-state index >= 15 is 0 Å². The predicted molar refractivity (Wildman–Crippen MR) is 64.2 cm³/mol. The van der Waals surface area contributed by atoms with Crippen LogP contribution in [0.1, 0.15) is 6.92 Å². The maximum Gasteiger partial charge on any atom is 0.337 e. The van der Waals surface area contributed by atoms with Crippen molar-refractivity contribution in [2.24, 2.45) is 0 Å². The summed E-state index contributed by atoms with van der Waals surface area (Å²) >= 11 is 0. The van der Waals surface area contributed by atoms with Gasteiger partial charge >= 0.3 is 5.97 Å². The molecule has 4 N–H and O–H groups in total. The van der Waals surface area contributed by atoms with E-state index < -0.39 is 28.1 Å². The second-order valence-electron chi connectivity index (χ2n) is 4.51. The molecule has 17 heavy (non-hydrogen) atoms. The Balaban J connectivity index is 0. The summed E-state index contributed by atoms with van der Waals surface area (Å²) < 4.78 is 35.3. The lowest BCUT2D eigenvalue weighted by atomic mass is 10.3. The first-order valence-electron chi connectivity index (χ1n) is 4.56. The summed E-state index contributed by atoms with van der Waals surface area (Å²) in [6.07, 6.45) is -0.973. The van der Waals surface area contributed by atoms with Gasteiger partial charge in [0.1, 0.15) is 0 Å². The van der Waals surface area contributed by atoms with Crippen LogP contribution in [0, 0.1) is 0 Å². The van der Waals surface area contributed by atoms with Gasteiger partial charge in [-0.25, -0.2) is 4.79 Å². The molecular weight excluding hydrogens is 248 g/mol. The van der Waals surface area contributed by atoms with Gasteiger partial charge < -0.3 is 10.9 Å². The SMILES string of the molecule is C=C(C)C(=O)OC(CS(=O)(=O)O)[N+](C)(C)C.N. The molecule has 0 aliphatic rings. The molecule has 0 amide bonds. The molecule has 102 valence electrons. The van der Waals surface area contributed by atoms with Crippen LogP contribution in [-0.2, 0) is 19.6 Å². The Morgan fingerprint density at radius 2 is 1.82 bits per heavy atom. The van der Waals surface area contributed by atoms with Crippen molar-refractivity contribution >= 4 is 16.1 Å². The molecule has 0 bridgehead atoms. The minimum Gasteiger partial charge on any atom is -0.408 e. The molecule has 0 radical (unpaired) electrons. The standard InChI is InChI=1S/C9H17NO5S.H3N/c1-7(2)9(11)15-8(10(3,4)5)6-16(12,13)14;/h8H,1,6H2,2-5H3;1H3/p+1. The smallest absolute Gasteiger partial charge is 0.337 e. The first-order chi connectivity index (χ1) is 6.93. The molecule has 0 aliphatic carbocycles. The van der Waals surface area contributed by atoms with E-state index in [0.29, 0.717) is 0 Å². The van der Waals surface area contributed by atoms with E-state index in [9.17, 15) is 13.2 Å². The molecule has 0 aliphatic heterocycles. The number of esters is 1. The van der Waals surface area contributed by atoms with E-state index in [1.165, 1.54) is 6.92 Å². The average Bonchev–Trinajstić information content (AvgIpc) is 1.98. The van der Waals surface area contributed by atoms with Gasteiger partial charge in [0.25, 0.3) is 16.3 Å². The number of hydrogen-bond donors (Lipinski definition) is 2. The van der Waals surface area contributed by atoms with E-state index in [1.807, 2.05) is 0 Å². The Hall–Kier alpha value is -0.960. The molecule has 0 saturated heterocycles. The molecule has 0 aromatic rings. The lowest BCUT2D eigenvalue weighted by Gasteiger charge is -2.32. The minimum atomic E-state index is -4.20. The number of ether oxygens (including phenoxy) is 1. The third kappa shape index (κ3) is 7.86. The van der Waals surface area contributed by atoms with Crippen molar-refractivity contribution in [2.75, 3.05) is 26.9 Å². The predicted octanol–water partition coefficient (Wildman–Crippen LogP) is 0.188. The number of nitrogens with zero attached hydrogens (tertiary/aromatic N) is 1. The van der Waals surface area contributed by atoms with Gasteiger partial charge in [-0.3, -0.25) is 9.04 Å². The van der Waals surface area contributed by atoms with Crippen LogP contribution in [0.4, 0.5) is 0 Å². The summed E-state index contributed by atoms with van der Waals surface area (Å²) in [5, 5.41) is 0. The summed E-state index contributed by atoms with van der Waals surface area (Å²) in [7, 11) is 0.763. The lowest BCUT2D eigenvalue weighted by Crippen LogP contribution is -2.51. The molecule has 8 heteroatoms. The number of hydrogen-bond acceptors (Lipinski definition) is 5. The molecule has 1 unspecified atom stereocenters. The average molecular weight is 269 g/mol. The molecule has 0 aromatic carbocycles. The Kier molecular flexibility index (Phi) is 6.61. The van der Waals surface area contributed by atoms with Gasteiger partial charge in [-0.05, 0) is 6.92 Å². The summed E-state index contributed by atoms with van der Waals surface area (Å²) in [5.41, 5.74) is 0.175. The molecule has 0 rings (SSSR count).